The third-order valence-electron chi connectivity index (χ3n) is 5.46. The molecule has 2 aromatic rings. The fourth-order valence-electron chi connectivity index (χ4n) is 3.95. The molecule has 0 heterocycles. The van der Waals surface area contributed by atoms with E-state index in [0.29, 0.717) is 0 Å². The van der Waals surface area contributed by atoms with Crippen LogP contribution in [-0.2, 0) is 0 Å². The summed E-state index contributed by atoms with van der Waals surface area (Å²) in [5.74, 6) is 0. The van der Waals surface area contributed by atoms with Crippen LogP contribution in [0.4, 0.5) is 0 Å². The molecule has 0 aromatic heterocycles. The predicted molar refractivity (Wildman–Crippen MR) is 116 cm³/mol. The molecule has 2 aliphatic rings. The second kappa shape index (κ2) is 6.48. The van der Waals surface area contributed by atoms with Crippen LogP contribution in [0.1, 0.15) is 38.3 Å². The van der Waals surface area contributed by atoms with E-state index in [1.807, 2.05) is 0 Å². The van der Waals surface area contributed by atoms with Crippen LogP contribution in [0, 0.1) is 5.41 Å². The van der Waals surface area contributed by atoms with Crippen LogP contribution in [0.2, 0.25) is 6.55 Å². The standard InChI is InChI=1S/C25H26Si/c1-25(2,3)20-15-14-19(16-20)23-17-18-10-8-9-13-22(18)24(23)26(4)21-11-6-5-7-12-21/h5-13,15-17H,14H2,1-4H3. The first-order valence-electron chi connectivity index (χ1n) is 9.44. The lowest BCUT2D eigenvalue weighted by Crippen LogP contribution is -2.27. The van der Waals surface area contributed by atoms with Gasteiger partial charge >= 0.3 is 0 Å². The van der Waals surface area contributed by atoms with E-state index in [9.17, 15) is 0 Å². The van der Waals surface area contributed by atoms with Crippen LogP contribution in [0.5, 0.6) is 0 Å². The van der Waals surface area contributed by atoms with Gasteiger partial charge in [0.25, 0.3) is 0 Å². The van der Waals surface area contributed by atoms with E-state index in [0.717, 1.165) is 6.42 Å². The van der Waals surface area contributed by atoms with Crippen molar-refractivity contribution in [3.8, 4) is 0 Å². The van der Waals surface area contributed by atoms with Gasteiger partial charge in [-0.25, -0.2) is 0 Å². The van der Waals surface area contributed by atoms with Gasteiger partial charge in [-0.15, -0.1) is 0 Å². The van der Waals surface area contributed by atoms with Gasteiger partial charge in [0, 0.05) is 0 Å². The monoisotopic (exact) mass is 354 g/mol. The SMILES string of the molecule is C[Si](=C1C(C2=CC(C(C)(C)C)=CC2)=Cc2ccccc21)c1ccccc1. The van der Waals surface area contributed by atoms with Gasteiger partial charge in [0.05, 0.1) is 8.41 Å². The molecule has 0 N–H and O–H groups in total. The Bertz CT molecular complexity index is 976. The highest BCUT2D eigenvalue weighted by atomic mass is 28.2. The summed E-state index contributed by atoms with van der Waals surface area (Å²) in [4.78, 5) is 0. The lowest BCUT2D eigenvalue weighted by atomic mass is 9.87. The van der Waals surface area contributed by atoms with Gasteiger partial charge in [-0.1, -0.05) is 94.1 Å². The molecule has 2 aliphatic carbocycles. The molecule has 130 valence electrons. The minimum atomic E-state index is -0.809. The Balaban J connectivity index is 1.85. The molecule has 2 aromatic carbocycles. The highest BCUT2D eigenvalue weighted by Gasteiger charge is 2.27. The summed E-state index contributed by atoms with van der Waals surface area (Å²) >= 11 is 0. The first-order chi connectivity index (χ1) is 12.4. The van der Waals surface area contributed by atoms with E-state index in [-0.39, 0.29) is 5.41 Å². The molecule has 0 radical (unpaired) electrons. The minimum absolute atomic E-state index is 0.216. The lowest BCUT2D eigenvalue weighted by molar-refractivity contribution is 0.518. The van der Waals surface area contributed by atoms with Crippen LogP contribution in [0.3, 0.4) is 0 Å². The third-order valence-corrected chi connectivity index (χ3v) is 7.95. The van der Waals surface area contributed by atoms with Gasteiger partial charge in [-0.05, 0) is 56.1 Å². The van der Waals surface area contributed by atoms with E-state index in [4.69, 9.17) is 0 Å². The van der Waals surface area contributed by atoms with E-state index in [1.165, 1.54) is 33.0 Å². The molecule has 0 saturated carbocycles. The van der Waals surface area contributed by atoms with Crippen molar-refractivity contribution in [3.63, 3.8) is 0 Å². The van der Waals surface area contributed by atoms with Crippen LogP contribution in [0.15, 0.2) is 83.5 Å². The Morgan fingerprint density at radius 1 is 0.846 bits per heavy atom. The number of hydrogen-bond acceptors (Lipinski definition) is 0. The molecule has 0 nitrogen and oxygen atoms in total. The van der Waals surface area contributed by atoms with E-state index < -0.39 is 8.41 Å². The number of benzene rings is 2. The van der Waals surface area contributed by atoms with Crippen molar-refractivity contribution in [1.29, 1.82) is 0 Å². The van der Waals surface area contributed by atoms with Gasteiger partial charge in [0.1, 0.15) is 0 Å². The van der Waals surface area contributed by atoms with E-state index in [1.54, 1.807) is 5.17 Å². The Kier molecular flexibility index (Phi) is 4.28. The Morgan fingerprint density at radius 3 is 2.23 bits per heavy atom. The Morgan fingerprint density at radius 2 is 1.54 bits per heavy atom. The van der Waals surface area contributed by atoms with Crippen LogP contribution < -0.4 is 5.19 Å². The van der Waals surface area contributed by atoms with Crippen molar-refractivity contribution in [2.45, 2.75) is 33.7 Å². The second-order valence-electron chi connectivity index (χ2n) is 8.29. The molecule has 0 fully saturated rings. The molecule has 0 bridgehead atoms. The smallest absolute Gasteiger partial charge is 0.0527 e. The summed E-state index contributed by atoms with van der Waals surface area (Å²) in [6, 6.07) is 19.9. The maximum absolute atomic E-state index is 2.44. The minimum Gasteiger partial charge on any atom is -0.0763 e. The van der Waals surface area contributed by atoms with Crippen LogP contribution in [0.25, 0.3) is 6.08 Å². The molecule has 0 spiro atoms. The third kappa shape index (κ3) is 3.01. The summed E-state index contributed by atoms with van der Waals surface area (Å²) in [7, 11) is -0.809. The van der Waals surface area contributed by atoms with Crippen molar-refractivity contribution >= 4 is 24.8 Å². The highest BCUT2D eigenvalue weighted by Crippen LogP contribution is 2.38. The van der Waals surface area contributed by atoms with Crippen molar-refractivity contribution < 1.29 is 0 Å². The zero-order chi connectivity index (χ0) is 18.3. The fourth-order valence-corrected chi connectivity index (χ4v) is 6.20. The number of hydrogen-bond donors (Lipinski definition) is 0. The molecular weight excluding hydrogens is 328 g/mol. The molecule has 1 heteroatoms. The molecule has 26 heavy (non-hydrogen) atoms. The van der Waals surface area contributed by atoms with Crippen molar-refractivity contribution in [2.75, 3.05) is 0 Å². The van der Waals surface area contributed by atoms with E-state index >= 15 is 0 Å². The van der Waals surface area contributed by atoms with Gasteiger partial charge in [-0.3, -0.25) is 0 Å². The molecule has 0 saturated heterocycles. The van der Waals surface area contributed by atoms with Crippen molar-refractivity contribution in [2.24, 2.45) is 5.41 Å². The maximum atomic E-state index is 2.44. The van der Waals surface area contributed by atoms with Gasteiger partial charge in [0.15, 0.2) is 0 Å². The second-order valence-corrected chi connectivity index (χ2v) is 10.6. The summed E-state index contributed by atoms with van der Waals surface area (Å²) in [5, 5.41) is 3.06. The molecule has 0 atom stereocenters. The molecule has 4 rings (SSSR count). The van der Waals surface area contributed by atoms with E-state index in [2.05, 4.69) is 100 Å². The zero-order valence-corrected chi connectivity index (χ0v) is 17.1. The maximum Gasteiger partial charge on any atom is 0.0527 e. The lowest BCUT2D eigenvalue weighted by Gasteiger charge is -2.18. The Hall–Kier alpha value is -2.25. The summed E-state index contributed by atoms with van der Waals surface area (Å²) < 4.78 is 0. The average molecular weight is 355 g/mol. The van der Waals surface area contributed by atoms with Crippen molar-refractivity contribution in [3.05, 3.63) is 94.6 Å². The zero-order valence-electron chi connectivity index (χ0n) is 16.1. The molecule has 0 unspecified atom stereocenters. The Labute approximate surface area is 158 Å². The number of rotatable bonds is 2. The van der Waals surface area contributed by atoms with Gasteiger partial charge in [-0.2, -0.15) is 0 Å². The summed E-state index contributed by atoms with van der Waals surface area (Å²) in [6.07, 6.45) is 8.34. The van der Waals surface area contributed by atoms with Gasteiger partial charge < -0.3 is 0 Å². The molecule has 0 aliphatic heterocycles. The molecular formula is C25H26Si. The number of fused-ring (bicyclic) bond motifs is 1. The molecule has 0 amide bonds. The normalized spacial score (nSPS) is 18.2. The highest BCUT2D eigenvalue weighted by molar-refractivity contribution is 6.86. The number of allylic oxidation sites excluding steroid dienone is 5. The largest absolute Gasteiger partial charge is 0.0763 e. The van der Waals surface area contributed by atoms with Crippen molar-refractivity contribution in [1.82, 2.24) is 0 Å². The fraction of sp³-hybridized carbons (Fsp3) is 0.240. The summed E-state index contributed by atoms with van der Waals surface area (Å²) in [5.41, 5.74) is 7.46. The van der Waals surface area contributed by atoms with Crippen LogP contribution in [-0.4, -0.2) is 13.6 Å². The quantitative estimate of drug-likeness (QED) is 0.623. The first-order valence-corrected chi connectivity index (χ1v) is 11.4. The summed E-state index contributed by atoms with van der Waals surface area (Å²) in [6.45, 7) is 9.36. The predicted octanol–water partition coefficient (Wildman–Crippen LogP) is 5.52. The topological polar surface area (TPSA) is 0 Å². The first kappa shape index (κ1) is 17.2. The van der Waals surface area contributed by atoms with Gasteiger partial charge in [0.2, 0.25) is 0 Å². The van der Waals surface area contributed by atoms with Crippen LogP contribution >= 0.6 is 0 Å². The average Bonchev–Trinajstić information content (AvgIpc) is 3.26.